The van der Waals surface area contributed by atoms with Gasteiger partial charge in [0.1, 0.15) is 11.6 Å². The Hall–Kier alpha value is -2.54. The molecule has 7 nitrogen and oxygen atoms in total. The molecule has 3 rings (SSSR count). The minimum atomic E-state index is -0.908. The number of hydrogen-bond donors (Lipinski definition) is 3. The Kier molecular flexibility index (Phi) is 4.91. The molecule has 26 heavy (non-hydrogen) atoms. The second kappa shape index (κ2) is 6.99. The molecule has 1 aliphatic rings. The summed E-state index contributed by atoms with van der Waals surface area (Å²) in [4.78, 5) is 28.9. The van der Waals surface area contributed by atoms with Crippen LogP contribution < -0.4 is 5.32 Å². The third kappa shape index (κ3) is 4.16. The molecule has 2 heterocycles. The maximum atomic E-state index is 11.9. The number of fused-ring (bicyclic) bond motifs is 1. The summed E-state index contributed by atoms with van der Waals surface area (Å²) in [5.74, 6) is -0.908. The lowest BCUT2D eigenvalue weighted by molar-refractivity contribution is -0.143. The van der Waals surface area contributed by atoms with Crippen LogP contribution in [0.15, 0.2) is 30.3 Å². The van der Waals surface area contributed by atoms with E-state index in [1.165, 1.54) is 0 Å². The average molecular weight is 359 g/mol. The van der Waals surface area contributed by atoms with E-state index in [0.29, 0.717) is 25.2 Å². The predicted octanol–water partition coefficient (Wildman–Crippen LogP) is 2.89. The number of carbonyl (C=O) groups excluding carboxylic acids is 1. The molecule has 0 saturated carbocycles. The van der Waals surface area contributed by atoms with Gasteiger partial charge >= 0.3 is 12.1 Å². The molecule has 1 saturated heterocycles. The fourth-order valence-corrected chi connectivity index (χ4v) is 3.34. The van der Waals surface area contributed by atoms with E-state index in [4.69, 9.17) is 4.74 Å². The lowest BCUT2D eigenvalue weighted by Crippen LogP contribution is -2.41. The van der Waals surface area contributed by atoms with Gasteiger partial charge in [0.15, 0.2) is 0 Å². The van der Waals surface area contributed by atoms with Crippen LogP contribution >= 0.6 is 0 Å². The zero-order valence-corrected chi connectivity index (χ0v) is 15.3. The van der Waals surface area contributed by atoms with Crippen molar-refractivity contribution < 1.29 is 19.4 Å². The number of rotatable bonds is 4. The first-order valence-corrected chi connectivity index (χ1v) is 8.77. The van der Waals surface area contributed by atoms with Crippen molar-refractivity contribution in [3.63, 3.8) is 0 Å². The van der Waals surface area contributed by atoms with Crippen molar-refractivity contribution >= 4 is 23.0 Å². The predicted molar refractivity (Wildman–Crippen MR) is 98.0 cm³/mol. The highest BCUT2D eigenvalue weighted by Crippen LogP contribution is 2.28. The van der Waals surface area contributed by atoms with Crippen molar-refractivity contribution in [1.82, 2.24) is 15.2 Å². The largest absolute Gasteiger partial charge is 0.480 e. The number of aliphatic carboxylic acids is 1. The second-order valence-electron chi connectivity index (χ2n) is 7.68. The Morgan fingerprint density at radius 1 is 1.35 bits per heavy atom. The molecule has 1 aromatic carbocycles. The minimum absolute atomic E-state index is 0.129. The fourth-order valence-electron chi connectivity index (χ4n) is 3.34. The van der Waals surface area contributed by atoms with Gasteiger partial charge in [-0.1, -0.05) is 18.2 Å². The van der Waals surface area contributed by atoms with E-state index in [2.05, 4.69) is 10.3 Å². The van der Waals surface area contributed by atoms with Crippen LogP contribution in [0, 0.1) is 0 Å². The molecule has 1 amide bonds. The number of amides is 1. The van der Waals surface area contributed by atoms with Crippen molar-refractivity contribution in [2.24, 2.45) is 0 Å². The standard InChI is InChI=1S/C19H25N3O4/c1-19(2,3)26-18(25)20-13-8-9-22(11-13)16(17(23)24)15-10-12-6-4-5-7-14(12)21-15/h4-7,10,13,16,21H,8-9,11H2,1-3H3,(H,20,25)(H,23,24)/t13-,16+/m1/s1. The van der Waals surface area contributed by atoms with Gasteiger partial charge in [0.2, 0.25) is 0 Å². The number of H-pyrrole nitrogens is 1. The van der Waals surface area contributed by atoms with E-state index in [-0.39, 0.29) is 6.04 Å². The lowest BCUT2D eigenvalue weighted by Gasteiger charge is -2.24. The normalized spacial score (nSPS) is 19.4. The van der Waals surface area contributed by atoms with Gasteiger partial charge < -0.3 is 20.1 Å². The van der Waals surface area contributed by atoms with Crippen LogP contribution in [0.3, 0.4) is 0 Å². The quantitative estimate of drug-likeness (QED) is 0.780. The Labute approximate surface area is 152 Å². The number of hydrogen-bond acceptors (Lipinski definition) is 4. The first-order valence-electron chi connectivity index (χ1n) is 8.77. The van der Waals surface area contributed by atoms with Gasteiger partial charge in [-0.05, 0) is 44.7 Å². The van der Waals surface area contributed by atoms with Gasteiger partial charge in [0.05, 0.1) is 0 Å². The summed E-state index contributed by atoms with van der Waals surface area (Å²) in [6.07, 6.45) is 0.213. The van der Waals surface area contributed by atoms with E-state index >= 15 is 0 Å². The van der Waals surface area contributed by atoms with Crippen LogP contribution in [-0.4, -0.2) is 51.8 Å². The average Bonchev–Trinajstić information content (AvgIpc) is 3.12. The Morgan fingerprint density at radius 3 is 2.73 bits per heavy atom. The number of carboxylic acids is 1. The molecule has 0 unspecified atom stereocenters. The van der Waals surface area contributed by atoms with Crippen molar-refractivity contribution in [2.75, 3.05) is 13.1 Å². The van der Waals surface area contributed by atoms with Gasteiger partial charge in [-0.2, -0.15) is 0 Å². The zero-order chi connectivity index (χ0) is 18.9. The SMILES string of the molecule is CC(C)(C)OC(=O)N[C@@H]1CCN([C@H](C(=O)O)c2cc3ccccc3[nH]2)C1. The topological polar surface area (TPSA) is 94.7 Å². The number of ether oxygens (including phenoxy) is 1. The van der Waals surface area contributed by atoms with E-state index in [1.807, 2.05) is 56.0 Å². The number of nitrogens with one attached hydrogen (secondary N) is 2. The Bertz CT molecular complexity index is 775. The molecule has 7 heteroatoms. The molecule has 0 radical (unpaired) electrons. The van der Waals surface area contributed by atoms with E-state index in [9.17, 15) is 14.7 Å². The fraction of sp³-hybridized carbons (Fsp3) is 0.474. The highest BCUT2D eigenvalue weighted by atomic mass is 16.6. The third-order valence-electron chi connectivity index (χ3n) is 4.38. The summed E-state index contributed by atoms with van der Waals surface area (Å²) in [7, 11) is 0. The second-order valence-corrected chi connectivity index (χ2v) is 7.68. The molecule has 0 spiro atoms. The summed E-state index contributed by atoms with van der Waals surface area (Å²) in [6, 6.07) is 8.69. The molecule has 2 atom stereocenters. The Balaban J connectivity index is 1.70. The molecular weight excluding hydrogens is 334 g/mol. The van der Waals surface area contributed by atoms with Gasteiger partial charge in [-0.15, -0.1) is 0 Å². The van der Waals surface area contributed by atoms with Crippen LogP contribution in [0.2, 0.25) is 0 Å². The summed E-state index contributed by atoms with van der Waals surface area (Å²) in [5, 5.41) is 13.6. The van der Waals surface area contributed by atoms with Crippen LogP contribution in [0.5, 0.6) is 0 Å². The maximum absolute atomic E-state index is 11.9. The number of likely N-dealkylation sites (tertiary alicyclic amines) is 1. The summed E-state index contributed by atoms with van der Waals surface area (Å²) in [6.45, 7) is 6.48. The highest BCUT2D eigenvalue weighted by molar-refractivity contribution is 5.83. The number of benzene rings is 1. The monoisotopic (exact) mass is 359 g/mol. The lowest BCUT2D eigenvalue weighted by atomic mass is 10.1. The van der Waals surface area contributed by atoms with Gasteiger partial charge in [-0.25, -0.2) is 4.79 Å². The van der Waals surface area contributed by atoms with Crippen LogP contribution in [0.1, 0.15) is 38.9 Å². The van der Waals surface area contributed by atoms with Gasteiger partial charge in [0.25, 0.3) is 0 Å². The maximum Gasteiger partial charge on any atom is 0.407 e. The number of aromatic amines is 1. The third-order valence-corrected chi connectivity index (χ3v) is 4.38. The number of carbonyl (C=O) groups is 2. The van der Waals surface area contributed by atoms with E-state index < -0.39 is 23.7 Å². The molecule has 0 bridgehead atoms. The summed E-state index contributed by atoms with van der Waals surface area (Å²) >= 11 is 0. The molecule has 1 fully saturated rings. The Morgan fingerprint density at radius 2 is 2.08 bits per heavy atom. The van der Waals surface area contributed by atoms with Crippen molar-refractivity contribution in [3.05, 3.63) is 36.0 Å². The molecule has 1 aliphatic heterocycles. The highest BCUT2D eigenvalue weighted by Gasteiger charge is 2.35. The first-order chi connectivity index (χ1) is 12.2. The van der Waals surface area contributed by atoms with E-state index in [0.717, 1.165) is 10.9 Å². The van der Waals surface area contributed by atoms with Crippen molar-refractivity contribution in [2.45, 2.75) is 44.9 Å². The van der Waals surface area contributed by atoms with Gasteiger partial charge in [0, 0.05) is 30.3 Å². The van der Waals surface area contributed by atoms with Crippen molar-refractivity contribution in [1.29, 1.82) is 0 Å². The number of carboxylic acid groups (broad SMARTS) is 1. The van der Waals surface area contributed by atoms with Gasteiger partial charge in [-0.3, -0.25) is 9.69 Å². The zero-order valence-electron chi connectivity index (χ0n) is 15.3. The molecule has 2 aromatic rings. The summed E-state index contributed by atoms with van der Waals surface area (Å²) < 4.78 is 5.28. The number of nitrogens with zero attached hydrogens (tertiary/aromatic N) is 1. The smallest absolute Gasteiger partial charge is 0.407 e. The molecule has 1 aromatic heterocycles. The number of para-hydroxylation sites is 1. The molecule has 140 valence electrons. The summed E-state index contributed by atoms with van der Waals surface area (Å²) in [5.41, 5.74) is 1.00. The number of alkyl carbamates (subject to hydrolysis) is 1. The van der Waals surface area contributed by atoms with Crippen molar-refractivity contribution in [3.8, 4) is 0 Å². The molecular formula is C19H25N3O4. The minimum Gasteiger partial charge on any atom is -0.480 e. The number of aromatic nitrogens is 1. The molecule has 3 N–H and O–H groups in total. The van der Waals surface area contributed by atoms with E-state index in [1.54, 1.807) is 0 Å². The molecule has 0 aliphatic carbocycles. The van der Waals surface area contributed by atoms with Crippen LogP contribution in [-0.2, 0) is 9.53 Å². The first kappa shape index (κ1) is 18.3. The van der Waals surface area contributed by atoms with Crippen LogP contribution in [0.4, 0.5) is 4.79 Å². The van der Waals surface area contributed by atoms with Crippen LogP contribution in [0.25, 0.3) is 10.9 Å².